The maximum Gasteiger partial charge on any atom is 3.00 e. The summed E-state index contributed by atoms with van der Waals surface area (Å²) in [6.45, 7) is 0. The molecule has 0 atom stereocenters. The van der Waals surface area contributed by atoms with Crippen LogP contribution in [0.4, 0.5) is 39.5 Å². The number of halogens is 9. The molecule has 0 aromatic heterocycles. The first-order valence-electron chi connectivity index (χ1n) is 3.68. The van der Waals surface area contributed by atoms with E-state index in [9.17, 15) is 39.5 Å². The molecule has 0 saturated carbocycles. The van der Waals surface area contributed by atoms with E-state index >= 15 is 0 Å². The molecule has 0 aromatic rings. The molecule has 0 fully saturated rings. The summed E-state index contributed by atoms with van der Waals surface area (Å²) in [6.07, 6.45) is -15.6. The minimum atomic E-state index is -5.19. The second-order valence-electron chi connectivity index (χ2n) is 2.36. The van der Waals surface area contributed by atoms with Crippen molar-refractivity contribution in [2.24, 2.45) is 0 Å². The number of alkyl halides is 9. The number of carbonyl (C=O) groups is 3. The van der Waals surface area contributed by atoms with E-state index in [4.69, 9.17) is 29.7 Å². The van der Waals surface area contributed by atoms with Crippen molar-refractivity contribution in [3.8, 4) is 0 Å². The van der Waals surface area contributed by atoms with Gasteiger partial charge in [0.2, 0.25) is 0 Å². The Morgan fingerprint density at radius 2 is 0.545 bits per heavy atom. The Bertz CT molecular complexity index is 313. The molecule has 22 heavy (non-hydrogen) atoms. The first-order chi connectivity index (χ1) is 8.83. The van der Waals surface area contributed by atoms with E-state index in [-0.39, 0.29) is 38.2 Å². The number of aliphatic carboxylic acids is 3. The van der Waals surface area contributed by atoms with Crippen LogP contribution in [0.1, 0.15) is 0 Å². The third kappa shape index (κ3) is 21.4. The number of carboxylic acid groups (broad SMARTS) is 3. The van der Waals surface area contributed by atoms with E-state index in [0.717, 1.165) is 0 Å². The number of rotatable bonds is 0. The summed E-state index contributed by atoms with van der Waals surface area (Å²) in [6, 6.07) is 0. The van der Waals surface area contributed by atoms with E-state index in [1.165, 1.54) is 0 Å². The van der Waals surface area contributed by atoms with Crippen LogP contribution in [0.25, 0.3) is 0 Å². The molecule has 1 radical (unpaired) electrons. The van der Waals surface area contributed by atoms with Gasteiger partial charge in [-0.15, -0.1) is 0 Å². The Balaban J connectivity index is -0.000000108. The molecule has 0 N–H and O–H groups in total. The van der Waals surface area contributed by atoms with Crippen molar-refractivity contribution in [1.29, 1.82) is 0 Å². The normalized spacial score (nSPS) is 10.8. The van der Waals surface area contributed by atoms with E-state index in [0.29, 0.717) is 0 Å². The molecule has 0 spiro atoms. The van der Waals surface area contributed by atoms with Gasteiger partial charge < -0.3 is 29.7 Å². The molecule has 0 aliphatic heterocycles. The molecule has 6 nitrogen and oxygen atoms in total. The van der Waals surface area contributed by atoms with Crippen LogP contribution in [0.3, 0.4) is 0 Å². The molecule has 0 unspecified atom stereocenters. The van der Waals surface area contributed by atoms with Crippen LogP contribution in [-0.4, -0.2) is 36.4 Å². The molecule has 0 aromatic carbocycles. The van der Waals surface area contributed by atoms with Crippen molar-refractivity contribution in [3.05, 3.63) is 0 Å². The Morgan fingerprint density at radius 1 is 0.500 bits per heavy atom. The monoisotopic (exact) mass is 503 g/mol. The molecule has 0 bridgehead atoms. The molecule has 16 heteroatoms. The van der Waals surface area contributed by atoms with Gasteiger partial charge in [0.05, 0.1) is 0 Å². The molecule has 0 rings (SSSR count). The van der Waals surface area contributed by atoms with E-state index < -0.39 is 36.4 Å². The fourth-order valence-corrected chi connectivity index (χ4v) is 0. The molecule has 0 aliphatic rings. The van der Waals surface area contributed by atoms with Gasteiger partial charge in [-0.1, -0.05) is 0 Å². The predicted octanol–water partition coefficient (Wildman–Crippen LogP) is -2.10. The van der Waals surface area contributed by atoms with Crippen molar-refractivity contribution in [2.45, 2.75) is 18.5 Å². The Kier molecular flexibility index (Phi) is 14.2. The SMILES string of the molecule is O=C([O-])C(F)(F)F.O=C([O-])C(F)(F)F.O=C([O-])C(F)(F)F.[Dy+3]. The van der Waals surface area contributed by atoms with E-state index in [1.54, 1.807) is 0 Å². The molecule has 0 amide bonds. The second kappa shape index (κ2) is 10.7. The summed E-state index contributed by atoms with van der Waals surface area (Å²) in [5, 5.41) is 26.4. The van der Waals surface area contributed by atoms with E-state index in [2.05, 4.69) is 0 Å². The first kappa shape index (κ1) is 29.1. The van der Waals surface area contributed by atoms with Crippen LogP contribution < -0.4 is 15.3 Å². The second-order valence-corrected chi connectivity index (χ2v) is 2.36. The van der Waals surface area contributed by atoms with Crippen LogP contribution in [0.15, 0.2) is 0 Å². The van der Waals surface area contributed by atoms with Gasteiger partial charge in [0.15, 0.2) is 0 Å². The quantitative estimate of drug-likeness (QED) is 0.351. The third-order valence-corrected chi connectivity index (χ3v) is 0.694. The van der Waals surface area contributed by atoms with Crippen molar-refractivity contribution < 1.29 is 107 Å². The molecule has 133 valence electrons. The fourth-order valence-electron chi connectivity index (χ4n) is 0. The summed E-state index contributed by atoms with van der Waals surface area (Å²) < 4.78 is 94.6. The molecule has 0 aliphatic carbocycles. The molecular formula is C6DyF9O6. The van der Waals surface area contributed by atoms with Crippen molar-refractivity contribution >= 4 is 17.9 Å². The van der Waals surface area contributed by atoms with Crippen LogP contribution in [0.5, 0.6) is 0 Å². The average Bonchev–Trinajstić information content (AvgIpc) is 2.14. The Morgan fingerprint density at radius 3 is 0.545 bits per heavy atom. The average molecular weight is 502 g/mol. The van der Waals surface area contributed by atoms with Crippen LogP contribution >= 0.6 is 0 Å². The molecule has 0 heterocycles. The van der Waals surface area contributed by atoms with E-state index in [1.807, 2.05) is 0 Å². The zero-order chi connectivity index (χ0) is 18.2. The number of carboxylic acids is 3. The van der Waals surface area contributed by atoms with Crippen LogP contribution in [-0.2, 0) is 14.4 Å². The maximum absolute atomic E-state index is 10.5. The summed E-state index contributed by atoms with van der Waals surface area (Å²) in [5.74, 6) is -9.02. The number of carbonyl (C=O) groups excluding carboxylic acids is 3. The summed E-state index contributed by atoms with van der Waals surface area (Å²) >= 11 is 0. The first-order valence-corrected chi connectivity index (χ1v) is 3.68. The minimum Gasteiger partial charge on any atom is -0.542 e. The third-order valence-electron chi connectivity index (χ3n) is 0.694. The van der Waals surface area contributed by atoms with Crippen LogP contribution in [0.2, 0.25) is 0 Å². The fraction of sp³-hybridized carbons (Fsp3) is 0.500. The largest absolute Gasteiger partial charge is 3.00 e. The zero-order valence-corrected chi connectivity index (χ0v) is 11.2. The van der Waals surface area contributed by atoms with Gasteiger partial charge in [-0.2, -0.15) is 39.5 Å². The van der Waals surface area contributed by atoms with Crippen molar-refractivity contribution in [1.82, 2.24) is 0 Å². The van der Waals surface area contributed by atoms with Gasteiger partial charge in [-0.25, -0.2) is 0 Å². The predicted molar refractivity (Wildman–Crippen MR) is 33.2 cm³/mol. The number of hydrogen-bond acceptors (Lipinski definition) is 6. The van der Waals surface area contributed by atoms with Crippen molar-refractivity contribution in [3.63, 3.8) is 0 Å². The smallest absolute Gasteiger partial charge is 0.542 e. The van der Waals surface area contributed by atoms with Gasteiger partial charge in [0, 0.05) is 0 Å². The Hall–Kier alpha value is -0.947. The summed E-state index contributed by atoms with van der Waals surface area (Å²) in [5.41, 5.74) is 0. The topological polar surface area (TPSA) is 120 Å². The number of hydrogen-bond donors (Lipinski definition) is 0. The standard InChI is InChI=1S/3C2HF3O2.Dy/c3*3-2(4,5)1(6)7;/h3*(H,6,7);/q;;;+3/p-3. The van der Waals surface area contributed by atoms with Gasteiger partial charge in [0.1, 0.15) is 17.9 Å². The summed E-state index contributed by atoms with van der Waals surface area (Å²) in [4.78, 5) is 26.4. The Labute approximate surface area is 143 Å². The maximum atomic E-state index is 10.5. The molecular weight excluding hydrogens is 502 g/mol. The van der Waals surface area contributed by atoms with Gasteiger partial charge in [0.25, 0.3) is 0 Å². The summed E-state index contributed by atoms with van der Waals surface area (Å²) in [7, 11) is 0. The van der Waals surface area contributed by atoms with Gasteiger partial charge >= 0.3 is 56.7 Å². The minimum absolute atomic E-state index is 0. The molecule has 0 saturated heterocycles. The zero-order valence-electron chi connectivity index (χ0n) is 9.17. The van der Waals surface area contributed by atoms with Crippen LogP contribution in [0, 0.1) is 38.2 Å². The van der Waals surface area contributed by atoms with Crippen molar-refractivity contribution in [2.75, 3.05) is 0 Å². The van der Waals surface area contributed by atoms with Gasteiger partial charge in [-0.05, 0) is 0 Å². The van der Waals surface area contributed by atoms with Gasteiger partial charge in [-0.3, -0.25) is 0 Å².